The lowest BCUT2D eigenvalue weighted by Gasteiger charge is -2.56. The molecule has 5 rings (SSSR count). The van der Waals surface area contributed by atoms with Crippen molar-refractivity contribution >= 4 is 0 Å². The molecule has 0 saturated heterocycles. The van der Waals surface area contributed by atoms with Crippen LogP contribution in [0.1, 0.15) is 50.0 Å². The quantitative estimate of drug-likeness (QED) is 0.852. The van der Waals surface area contributed by atoms with Crippen molar-refractivity contribution in [2.75, 3.05) is 6.54 Å². The molecule has 4 aliphatic carbocycles. The number of H-pyrrole nitrogens is 1. The fourth-order valence-electron chi connectivity index (χ4n) is 5.95. The van der Waals surface area contributed by atoms with Gasteiger partial charge in [-0.1, -0.05) is 0 Å². The van der Waals surface area contributed by atoms with Crippen LogP contribution in [-0.4, -0.2) is 11.5 Å². The Labute approximate surface area is 116 Å². The van der Waals surface area contributed by atoms with E-state index in [-0.39, 0.29) is 0 Å². The Bertz CT molecular complexity index is 394. The summed E-state index contributed by atoms with van der Waals surface area (Å²) in [6, 6.07) is 2.28. The van der Waals surface area contributed by atoms with Crippen LogP contribution in [0.3, 0.4) is 0 Å². The highest BCUT2D eigenvalue weighted by atomic mass is 14.6. The molecule has 1 unspecified atom stereocenters. The molecule has 1 aromatic heterocycles. The molecule has 3 N–H and O–H groups in total. The highest BCUT2D eigenvalue weighted by Crippen LogP contribution is 2.60. The first-order chi connectivity index (χ1) is 9.35. The van der Waals surface area contributed by atoms with Crippen LogP contribution in [0.4, 0.5) is 0 Å². The Morgan fingerprint density at radius 2 is 1.79 bits per heavy atom. The Morgan fingerprint density at radius 3 is 2.32 bits per heavy atom. The van der Waals surface area contributed by atoms with Crippen molar-refractivity contribution in [3.8, 4) is 0 Å². The van der Waals surface area contributed by atoms with Crippen molar-refractivity contribution < 1.29 is 0 Å². The number of hydrogen-bond acceptors (Lipinski definition) is 1. The van der Waals surface area contributed by atoms with Crippen LogP contribution < -0.4 is 5.73 Å². The maximum Gasteiger partial charge on any atom is 0.00402 e. The third-order valence-corrected chi connectivity index (χ3v) is 6.29. The van der Waals surface area contributed by atoms with E-state index in [0.717, 1.165) is 36.1 Å². The van der Waals surface area contributed by atoms with Crippen LogP contribution in [0, 0.1) is 29.6 Å². The standard InChI is InChI=1S/C17H26N2/c18-3-1-16(13-2-4-19-10-13)17-14-6-11-5-12(8-14)9-15(17)7-11/h2,4,10-12,14-17,19H,1,3,5-9,18H2. The minimum absolute atomic E-state index is 0.714. The molecular formula is C17H26N2. The van der Waals surface area contributed by atoms with Gasteiger partial charge in [-0.2, -0.15) is 0 Å². The zero-order valence-electron chi connectivity index (χ0n) is 11.7. The third-order valence-electron chi connectivity index (χ3n) is 6.29. The minimum Gasteiger partial charge on any atom is -0.367 e. The Morgan fingerprint density at radius 1 is 1.11 bits per heavy atom. The number of nitrogens with two attached hydrogens (primary N) is 1. The van der Waals surface area contributed by atoms with Gasteiger partial charge >= 0.3 is 0 Å². The number of rotatable bonds is 4. The van der Waals surface area contributed by atoms with Gasteiger partial charge in [-0.05, 0) is 92.2 Å². The largest absolute Gasteiger partial charge is 0.367 e. The van der Waals surface area contributed by atoms with Crippen LogP contribution in [-0.2, 0) is 0 Å². The van der Waals surface area contributed by atoms with Gasteiger partial charge in [0, 0.05) is 12.4 Å². The first kappa shape index (κ1) is 12.0. The maximum atomic E-state index is 5.92. The molecule has 0 spiro atoms. The molecular weight excluding hydrogens is 232 g/mol. The van der Waals surface area contributed by atoms with Crippen LogP contribution in [0.2, 0.25) is 0 Å². The number of aromatic nitrogens is 1. The summed E-state index contributed by atoms with van der Waals surface area (Å²) < 4.78 is 0. The molecule has 1 atom stereocenters. The van der Waals surface area contributed by atoms with Gasteiger partial charge in [-0.3, -0.25) is 0 Å². The summed E-state index contributed by atoms with van der Waals surface area (Å²) >= 11 is 0. The Balaban J connectivity index is 1.62. The van der Waals surface area contributed by atoms with Gasteiger partial charge in [0.1, 0.15) is 0 Å². The van der Waals surface area contributed by atoms with E-state index < -0.39 is 0 Å². The van der Waals surface area contributed by atoms with Crippen LogP contribution in [0.15, 0.2) is 18.5 Å². The van der Waals surface area contributed by atoms with Gasteiger partial charge in [0.05, 0.1) is 0 Å². The fourth-order valence-corrected chi connectivity index (χ4v) is 5.95. The molecule has 1 aromatic rings. The molecule has 2 heteroatoms. The predicted molar refractivity (Wildman–Crippen MR) is 77.7 cm³/mol. The summed E-state index contributed by atoms with van der Waals surface area (Å²) in [6.07, 6.45) is 13.1. The molecule has 0 radical (unpaired) electrons. The highest BCUT2D eigenvalue weighted by molar-refractivity contribution is 5.18. The number of aromatic amines is 1. The summed E-state index contributed by atoms with van der Waals surface area (Å²) in [4.78, 5) is 3.25. The van der Waals surface area contributed by atoms with Gasteiger partial charge in [0.2, 0.25) is 0 Å². The van der Waals surface area contributed by atoms with E-state index in [4.69, 9.17) is 5.73 Å². The SMILES string of the molecule is NCCC(c1cc[nH]c1)C1C2CC3CC(C2)CC1C3. The van der Waals surface area contributed by atoms with E-state index in [1.54, 1.807) is 6.42 Å². The highest BCUT2D eigenvalue weighted by Gasteiger charge is 2.50. The maximum absolute atomic E-state index is 5.92. The molecule has 4 saturated carbocycles. The lowest BCUT2D eigenvalue weighted by Crippen LogP contribution is -2.47. The Kier molecular flexibility index (Phi) is 2.95. The predicted octanol–water partition coefficient (Wildman–Crippen LogP) is 3.52. The van der Waals surface area contributed by atoms with Crippen molar-refractivity contribution in [1.82, 2.24) is 4.98 Å². The van der Waals surface area contributed by atoms with E-state index in [9.17, 15) is 0 Å². The molecule has 4 aliphatic rings. The minimum atomic E-state index is 0.714. The van der Waals surface area contributed by atoms with E-state index in [1.807, 2.05) is 0 Å². The molecule has 2 nitrogen and oxygen atoms in total. The summed E-state index contributed by atoms with van der Waals surface area (Å²) in [7, 11) is 0. The summed E-state index contributed by atoms with van der Waals surface area (Å²) in [5.41, 5.74) is 7.44. The fraction of sp³-hybridized carbons (Fsp3) is 0.765. The zero-order valence-corrected chi connectivity index (χ0v) is 11.7. The number of hydrogen-bond donors (Lipinski definition) is 2. The van der Waals surface area contributed by atoms with Crippen molar-refractivity contribution in [3.63, 3.8) is 0 Å². The summed E-state index contributed by atoms with van der Waals surface area (Å²) in [6.45, 7) is 0.832. The molecule has 0 aromatic carbocycles. The average Bonchev–Trinajstić information content (AvgIpc) is 2.89. The average molecular weight is 258 g/mol. The first-order valence-corrected chi connectivity index (χ1v) is 8.18. The van der Waals surface area contributed by atoms with Gasteiger partial charge in [0.25, 0.3) is 0 Å². The normalized spacial score (nSPS) is 41.6. The molecule has 104 valence electrons. The van der Waals surface area contributed by atoms with Crippen molar-refractivity contribution in [1.29, 1.82) is 0 Å². The van der Waals surface area contributed by atoms with Gasteiger partial charge in [-0.15, -0.1) is 0 Å². The second-order valence-electron chi connectivity index (χ2n) is 7.34. The van der Waals surface area contributed by atoms with E-state index in [2.05, 4.69) is 23.4 Å². The van der Waals surface area contributed by atoms with E-state index >= 15 is 0 Å². The van der Waals surface area contributed by atoms with Crippen molar-refractivity contribution in [2.24, 2.45) is 35.3 Å². The topological polar surface area (TPSA) is 41.8 Å². The van der Waals surface area contributed by atoms with Crippen molar-refractivity contribution in [3.05, 3.63) is 24.0 Å². The molecule has 0 amide bonds. The number of nitrogens with one attached hydrogen (secondary N) is 1. The second-order valence-corrected chi connectivity index (χ2v) is 7.34. The second kappa shape index (κ2) is 4.66. The summed E-state index contributed by atoms with van der Waals surface area (Å²) in [5, 5.41) is 0. The van der Waals surface area contributed by atoms with Gasteiger partial charge < -0.3 is 10.7 Å². The molecule has 4 fully saturated rings. The van der Waals surface area contributed by atoms with Crippen molar-refractivity contribution in [2.45, 2.75) is 44.4 Å². The smallest absolute Gasteiger partial charge is 0.00402 e. The van der Waals surface area contributed by atoms with Crippen LogP contribution in [0.25, 0.3) is 0 Å². The van der Waals surface area contributed by atoms with E-state index in [0.29, 0.717) is 5.92 Å². The molecule has 0 aliphatic heterocycles. The monoisotopic (exact) mass is 258 g/mol. The lowest BCUT2D eigenvalue weighted by atomic mass is 9.49. The molecule has 19 heavy (non-hydrogen) atoms. The zero-order chi connectivity index (χ0) is 12.8. The lowest BCUT2D eigenvalue weighted by molar-refractivity contribution is -0.0486. The van der Waals surface area contributed by atoms with Crippen LogP contribution in [0.5, 0.6) is 0 Å². The van der Waals surface area contributed by atoms with E-state index in [1.165, 1.54) is 37.7 Å². The molecule has 4 bridgehead atoms. The Hall–Kier alpha value is -0.760. The third kappa shape index (κ3) is 1.96. The van der Waals surface area contributed by atoms with Crippen LogP contribution >= 0.6 is 0 Å². The first-order valence-electron chi connectivity index (χ1n) is 8.18. The van der Waals surface area contributed by atoms with Gasteiger partial charge in [-0.25, -0.2) is 0 Å². The summed E-state index contributed by atoms with van der Waals surface area (Å²) in [5.74, 6) is 5.79. The molecule has 1 heterocycles. The van der Waals surface area contributed by atoms with Gasteiger partial charge in [0.15, 0.2) is 0 Å².